The Kier molecular flexibility index (Phi) is 4.09. The highest BCUT2D eigenvalue weighted by Crippen LogP contribution is 2.36. The van der Waals surface area contributed by atoms with Gasteiger partial charge in [0.2, 0.25) is 5.78 Å². The molecular formula is C19H21NO3. The fourth-order valence-corrected chi connectivity index (χ4v) is 2.93. The van der Waals surface area contributed by atoms with Gasteiger partial charge >= 0.3 is 0 Å². The zero-order chi connectivity index (χ0) is 16.6. The highest BCUT2D eigenvalue weighted by Gasteiger charge is 2.36. The first-order chi connectivity index (χ1) is 11.0. The lowest BCUT2D eigenvalue weighted by atomic mass is 9.87. The van der Waals surface area contributed by atoms with Crippen LogP contribution in [-0.4, -0.2) is 41.6 Å². The summed E-state index contributed by atoms with van der Waals surface area (Å²) < 4.78 is 5.71. The van der Waals surface area contributed by atoms with Crippen molar-refractivity contribution in [1.82, 2.24) is 4.90 Å². The number of Topliss-reactive ketones (excluding diaryl/α,β-unsaturated/α-hetero) is 1. The van der Waals surface area contributed by atoms with Crippen molar-refractivity contribution < 1.29 is 14.6 Å². The van der Waals surface area contributed by atoms with Gasteiger partial charge in [0.15, 0.2) is 5.76 Å². The maximum absolute atomic E-state index is 12.3. The fourth-order valence-electron chi connectivity index (χ4n) is 2.93. The minimum atomic E-state index is -1.16. The van der Waals surface area contributed by atoms with Gasteiger partial charge in [0.05, 0.1) is 6.04 Å². The molecule has 0 aromatic carbocycles. The first-order valence-corrected chi connectivity index (χ1v) is 7.73. The van der Waals surface area contributed by atoms with Crippen molar-refractivity contribution in [1.29, 1.82) is 0 Å². The number of carbonyl (C=O) groups is 1. The topological polar surface area (TPSA) is 49.8 Å². The monoisotopic (exact) mass is 311 g/mol. The van der Waals surface area contributed by atoms with E-state index in [-0.39, 0.29) is 17.6 Å². The lowest BCUT2D eigenvalue weighted by Crippen LogP contribution is -2.39. The Balaban J connectivity index is 2.05. The van der Waals surface area contributed by atoms with Crippen molar-refractivity contribution >= 4 is 5.78 Å². The molecule has 1 N–H and O–H groups in total. The molecule has 0 amide bonds. The largest absolute Gasteiger partial charge is 0.485 e. The standard InChI is InChI=1S/C19H21NO3/c1-12(2)8-9-23-19-14-10-13-6-4-5-7-15(13)20(3)16(14)11-17(21)18(19)22/h4-8,10-11,15,17,21H,9H2,1-3H3/t15-,17-/m1/s1. The number of allylic oxidation sites excluding steroid dienone is 4. The third-order valence-electron chi connectivity index (χ3n) is 4.19. The Morgan fingerprint density at radius 2 is 2.17 bits per heavy atom. The molecule has 2 aliphatic carbocycles. The van der Waals surface area contributed by atoms with Crippen molar-refractivity contribution in [3.63, 3.8) is 0 Å². The number of hydrogen-bond donors (Lipinski definition) is 1. The number of fused-ring (bicyclic) bond motifs is 2. The van der Waals surface area contributed by atoms with Crippen LogP contribution in [0.5, 0.6) is 0 Å². The van der Waals surface area contributed by atoms with E-state index >= 15 is 0 Å². The van der Waals surface area contributed by atoms with E-state index in [2.05, 4.69) is 11.0 Å². The van der Waals surface area contributed by atoms with E-state index in [9.17, 15) is 9.90 Å². The molecular weight excluding hydrogens is 290 g/mol. The summed E-state index contributed by atoms with van der Waals surface area (Å²) in [5.74, 6) is -0.141. The average Bonchev–Trinajstić information content (AvgIpc) is 2.52. The predicted molar refractivity (Wildman–Crippen MR) is 89.4 cm³/mol. The third-order valence-corrected chi connectivity index (χ3v) is 4.19. The maximum atomic E-state index is 12.3. The van der Waals surface area contributed by atoms with Gasteiger partial charge in [-0.3, -0.25) is 4.79 Å². The molecule has 23 heavy (non-hydrogen) atoms. The van der Waals surface area contributed by atoms with E-state index in [1.165, 1.54) is 0 Å². The summed E-state index contributed by atoms with van der Waals surface area (Å²) >= 11 is 0. The molecule has 2 atom stereocenters. The molecule has 0 aromatic rings. The molecule has 0 radical (unpaired) electrons. The maximum Gasteiger partial charge on any atom is 0.230 e. The number of likely N-dealkylation sites (N-methyl/N-ethyl adjacent to an activating group) is 1. The summed E-state index contributed by atoms with van der Waals surface area (Å²) in [5, 5.41) is 10.1. The molecule has 3 aliphatic rings. The highest BCUT2D eigenvalue weighted by atomic mass is 16.5. The van der Waals surface area contributed by atoms with Crippen molar-refractivity contribution in [2.75, 3.05) is 13.7 Å². The SMILES string of the molecule is CC(C)=CCOC1=C2C=C3C=CC=C[C@H]3N(C)C2=C[C@@H](O)C1=O. The molecule has 0 bridgehead atoms. The van der Waals surface area contributed by atoms with E-state index in [4.69, 9.17) is 4.74 Å². The Morgan fingerprint density at radius 3 is 2.91 bits per heavy atom. The zero-order valence-electron chi connectivity index (χ0n) is 13.6. The van der Waals surface area contributed by atoms with Crippen molar-refractivity contribution in [3.8, 4) is 0 Å². The third kappa shape index (κ3) is 2.82. The van der Waals surface area contributed by atoms with Gasteiger partial charge in [-0.15, -0.1) is 0 Å². The quantitative estimate of drug-likeness (QED) is 0.813. The molecule has 1 heterocycles. The van der Waals surface area contributed by atoms with Crippen LogP contribution < -0.4 is 0 Å². The van der Waals surface area contributed by atoms with Crippen LogP contribution in [0.25, 0.3) is 0 Å². The number of rotatable bonds is 3. The Bertz CT molecular complexity index is 715. The molecule has 0 spiro atoms. The second-order valence-corrected chi connectivity index (χ2v) is 6.14. The molecule has 1 aliphatic heterocycles. The van der Waals surface area contributed by atoms with E-state index in [0.29, 0.717) is 6.61 Å². The van der Waals surface area contributed by atoms with Crippen LogP contribution in [0.15, 0.2) is 70.7 Å². The molecule has 0 unspecified atom stereocenters. The van der Waals surface area contributed by atoms with Crippen LogP contribution in [0.3, 0.4) is 0 Å². The first-order valence-electron chi connectivity index (χ1n) is 7.73. The van der Waals surface area contributed by atoms with Gasteiger partial charge in [0, 0.05) is 18.3 Å². The summed E-state index contributed by atoms with van der Waals surface area (Å²) in [6.45, 7) is 4.27. The molecule has 0 fully saturated rings. The Morgan fingerprint density at radius 1 is 1.39 bits per heavy atom. The minimum absolute atomic E-state index is 0.120. The van der Waals surface area contributed by atoms with Gasteiger partial charge in [-0.05, 0) is 37.6 Å². The first kappa shape index (κ1) is 15.6. The van der Waals surface area contributed by atoms with Crippen LogP contribution in [-0.2, 0) is 9.53 Å². The number of ketones is 1. The van der Waals surface area contributed by atoms with Gasteiger partial charge < -0.3 is 14.7 Å². The number of nitrogens with zero attached hydrogens (tertiary/aromatic N) is 1. The molecule has 3 rings (SSSR count). The number of carbonyl (C=O) groups excluding carboxylic acids is 1. The van der Waals surface area contributed by atoms with Crippen molar-refractivity contribution in [2.24, 2.45) is 0 Å². The van der Waals surface area contributed by atoms with Crippen molar-refractivity contribution in [3.05, 3.63) is 70.7 Å². The van der Waals surface area contributed by atoms with Crippen LogP contribution in [0.4, 0.5) is 0 Å². The van der Waals surface area contributed by atoms with Crippen molar-refractivity contribution in [2.45, 2.75) is 26.0 Å². The number of ether oxygens (including phenoxy) is 1. The highest BCUT2D eigenvalue weighted by molar-refractivity contribution is 6.01. The fraction of sp³-hybridized carbons (Fsp3) is 0.316. The molecule has 0 saturated carbocycles. The average molecular weight is 311 g/mol. The van der Waals surface area contributed by atoms with E-state index in [1.807, 2.05) is 51.3 Å². The van der Waals surface area contributed by atoms with Crippen LogP contribution >= 0.6 is 0 Å². The lowest BCUT2D eigenvalue weighted by Gasteiger charge is -2.39. The summed E-state index contributed by atoms with van der Waals surface area (Å²) in [7, 11) is 1.96. The number of aliphatic hydroxyl groups excluding tert-OH is 1. The van der Waals surface area contributed by atoms with Gasteiger partial charge in [0.1, 0.15) is 12.7 Å². The Labute approximate surface area is 136 Å². The molecule has 4 nitrogen and oxygen atoms in total. The van der Waals surface area contributed by atoms with E-state index < -0.39 is 6.10 Å². The summed E-state index contributed by atoms with van der Waals surface area (Å²) in [6.07, 6.45) is 12.5. The van der Waals surface area contributed by atoms with Gasteiger partial charge in [0.25, 0.3) is 0 Å². The smallest absolute Gasteiger partial charge is 0.230 e. The van der Waals surface area contributed by atoms with Gasteiger partial charge in [-0.2, -0.15) is 0 Å². The summed E-state index contributed by atoms with van der Waals surface area (Å²) in [4.78, 5) is 14.4. The van der Waals surface area contributed by atoms with E-state index in [1.54, 1.807) is 6.08 Å². The second kappa shape index (κ2) is 6.05. The molecule has 120 valence electrons. The molecule has 0 saturated heterocycles. The predicted octanol–water partition coefficient (Wildman–Crippen LogP) is 2.42. The van der Waals surface area contributed by atoms with Crippen LogP contribution in [0.2, 0.25) is 0 Å². The second-order valence-electron chi connectivity index (χ2n) is 6.14. The van der Waals surface area contributed by atoms with Gasteiger partial charge in [-0.25, -0.2) is 0 Å². The molecule has 0 aromatic heterocycles. The normalized spacial score (nSPS) is 25.6. The molecule has 4 heteroatoms. The van der Waals surface area contributed by atoms with Crippen LogP contribution in [0.1, 0.15) is 13.8 Å². The number of aliphatic hydroxyl groups is 1. The van der Waals surface area contributed by atoms with Gasteiger partial charge in [-0.1, -0.05) is 29.9 Å². The zero-order valence-corrected chi connectivity index (χ0v) is 13.6. The number of hydrogen-bond acceptors (Lipinski definition) is 4. The summed E-state index contributed by atoms with van der Waals surface area (Å²) in [5.41, 5.74) is 3.80. The van der Waals surface area contributed by atoms with Crippen LogP contribution in [0, 0.1) is 0 Å². The Hall–Kier alpha value is -2.33. The summed E-state index contributed by atoms with van der Waals surface area (Å²) in [6, 6.07) is 0.120. The lowest BCUT2D eigenvalue weighted by molar-refractivity contribution is -0.125. The van der Waals surface area contributed by atoms with E-state index in [0.717, 1.165) is 22.4 Å². The minimum Gasteiger partial charge on any atom is -0.485 e.